The number of hydrogen-bond donors (Lipinski definition) is 0. The lowest BCUT2D eigenvalue weighted by Crippen LogP contribution is -1.97. The van der Waals surface area contributed by atoms with Gasteiger partial charge in [-0.15, -0.1) is 0 Å². The Bertz CT molecular complexity index is 1580. The van der Waals surface area contributed by atoms with Gasteiger partial charge in [-0.2, -0.15) is 9.97 Å². The summed E-state index contributed by atoms with van der Waals surface area (Å²) in [7, 11) is 0. The quantitative estimate of drug-likeness (QED) is 0.291. The lowest BCUT2D eigenvalue weighted by molar-refractivity contribution is 0.670. The number of halogens is 1. The van der Waals surface area contributed by atoms with E-state index in [-0.39, 0.29) is 5.28 Å². The smallest absolute Gasteiger partial charge is 0.226 e. The van der Waals surface area contributed by atoms with E-state index in [0.29, 0.717) is 11.6 Å². The summed E-state index contributed by atoms with van der Waals surface area (Å²) in [6, 6.07) is 32.1. The van der Waals surface area contributed by atoms with Crippen molar-refractivity contribution in [3.63, 3.8) is 0 Å². The first-order chi connectivity index (χ1) is 15.8. The number of furan rings is 1. The molecule has 0 saturated carbocycles. The van der Waals surface area contributed by atoms with Crippen LogP contribution in [0.5, 0.6) is 0 Å². The molecule has 0 saturated heterocycles. The standard InChI is InChI=1S/C27H16ClN3O/c28-27-30-25(18-11-5-2-6-12-18)29-26(31-27)19-15-21(17-9-3-1-4-10-17)24-22(16-19)20-13-7-8-14-23(20)32-24/h1-16H. The normalized spacial score (nSPS) is 11.3. The average Bonchev–Trinajstić information content (AvgIpc) is 3.23. The summed E-state index contributed by atoms with van der Waals surface area (Å²) in [5.41, 5.74) is 5.45. The van der Waals surface area contributed by atoms with Crippen LogP contribution >= 0.6 is 11.6 Å². The van der Waals surface area contributed by atoms with E-state index in [9.17, 15) is 0 Å². The minimum absolute atomic E-state index is 0.160. The molecule has 152 valence electrons. The largest absolute Gasteiger partial charge is 0.455 e. The fourth-order valence-electron chi connectivity index (χ4n) is 3.98. The van der Waals surface area contributed by atoms with Crippen molar-refractivity contribution in [2.75, 3.05) is 0 Å². The summed E-state index contributed by atoms with van der Waals surface area (Å²) in [4.78, 5) is 13.5. The third-order valence-corrected chi connectivity index (χ3v) is 5.63. The van der Waals surface area contributed by atoms with Gasteiger partial charge in [0, 0.05) is 27.5 Å². The van der Waals surface area contributed by atoms with Crippen LogP contribution in [0.4, 0.5) is 0 Å². The van der Waals surface area contributed by atoms with Crippen LogP contribution in [0.1, 0.15) is 0 Å². The number of para-hydroxylation sites is 1. The minimum Gasteiger partial charge on any atom is -0.455 e. The molecule has 0 aliphatic rings. The molecule has 2 heterocycles. The van der Waals surface area contributed by atoms with Gasteiger partial charge in [0.05, 0.1) is 0 Å². The van der Waals surface area contributed by atoms with Gasteiger partial charge < -0.3 is 4.42 Å². The number of benzene rings is 4. The molecule has 4 nitrogen and oxygen atoms in total. The predicted molar refractivity (Wildman–Crippen MR) is 128 cm³/mol. The van der Waals surface area contributed by atoms with Crippen molar-refractivity contribution in [1.82, 2.24) is 15.0 Å². The molecular weight excluding hydrogens is 418 g/mol. The number of fused-ring (bicyclic) bond motifs is 3. The fraction of sp³-hybridized carbons (Fsp3) is 0. The highest BCUT2D eigenvalue weighted by Gasteiger charge is 2.17. The number of aromatic nitrogens is 3. The number of hydrogen-bond acceptors (Lipinski definition) is 4. The highest BCUT2D eigenvalue weighted by atomic mass is 35.5. The zero-order chi connectivity index (χ0) is 21.5. The van der Waals surface area contributed by atoms with Crippen molar-refractivity contribution < 1.29 is 4.42 Å². The molecule has 0 atom stereocenters. The Kier molecular flexibility index (Phi) is 4.44. The van der Waals surface area contributed by atoms with E-state index in [2.05, 4.69) is 40.3 Å². The Morgan fingerprint density at radius 1 is 0.562 bits per heavy atom. The maximum absolute atomic E-state index is 6.32. The van der Waals surface area contributed by atoms with Gasteiger partial charge >= 0.3 is 0 Å². The van der Waals surface area contributed by atoms with Crippen molar-refractivity contribution in [3.05, 3.63) is 102 Å². The fourth-order valence-corrected chi connectivity index (χ4v) is 4.14. The first kappa shape index (κ1) is 18.7. The lowest BCUT2D eigenvalue weighted by Gasteiger charge is -2.08. The zero-order valence-electron chi connectivity index (χ0n) is 16.9. The summed E-state index contributed by atoms with van der Waals surface area (Å²) in [6.45, 7) is 0. The van der Waals surface area contributed by atoms with E-state index in [1.54, 1.807) is 0 Å². The highest BCUT2D eigenvalue weighted by molar-refractivity contribution is 6.28. The monoisotopic (exact) mass is 433 g/mol. The summed E-state index contributed by atoms with van der Waals surface area (Å²) < 4.78 is 6.27. The molecule has 6 rings (SSSR count). The molecule has 0 radical (unpaired) electrons. The van der Waals surface area contributed by atoms with E-state index in [1.807, 2.05) is 66.7 Å². The Labute approximate surface area is 189 Å². The van der Waals surface area contributed by atoms with Crippen LogP contribution in [0.25, 0.3) is 55.8 Å². The molecule has 2 aromatic heterocycles. The molecule has 0 bridgehead atoms. The number of nitrogens with zero attached hydrogens (tertiary/aromatic N) is 3. The van der Waals surface area contributed by atoms with Crippen molar-refractivity contribution in [2.45, 2.75) is 0 Å². The predicted octanol–water partition coefficient (Wildman–Crippen LogP) is 7.43. The molecule has 0 N–H and O–H groups in total. The van der Waals surface area contributed by atoms with Gasteiger partial charge in [-0.1, -0.05) is 78.9 Å². The second-order valence-electron chi connectivity index (χ2n) is 7.48. The third-order valence-electron chi connectivity index (χ3n) is 5.46. The Morgan fingerprint density at radius 3 is 1.94 bits per heavy atom. The summed E-state index contributed by atoms with van der Waals surface area (Å²) in [6.07, 6.45) is 0. The second kappa shape index (κ2) is 7.59. The summed E-state index contributed by atoms with van der Waals surface area (Å²) in [5.74, 6) is 1.06. The van der Waals surface area contributed by atoms with Crippen LogP contribution in [-0.4, -0.2) is 15.0 Å². The first-order valence-corrected chi connectivity index (χ1v) is 10.6. The van der Waals surface area contributed by atoms with Gasteiger partial charge in [-0.3, -0.25) is 0 Å². The van der Waals surface area contributed by atoms with Gasteiger partial charge in [-0.25, -0.2) is 4.98 Å². The van der Waals surface area contributed by atoms with Crippen LogP contribution in [0, 0.1) is 0 Å². The molecule has 4 aromatic carbocycles. The van der Waals surface area contributed by atoms with Crippen molar-refractivity contribution in [2.24, 2.45) is 0 Å². The average molecular weight is 434 g/mol. The number of rotatable bonds is 3. The van der Waals surface area contributed by atoms with Gasteiger partial charge in [0.1, 0.15) is 11.2 Å². The van der Waals surface area contributed by atoms with Gasteiger partial charge in [-0.05, 0) is 35.4 Å². The zero-order valence-corrected chi connectivity index (χ0v) is 17.6. The summed E-state index contributed by atoms with van der Waals surface area (Å²) in [5, 5.41) is 2.21. The van der Waals surface area contributed by atoms with E-state index in [0.717, 1.165) is 44.2 Å². The maximum Gasteiger partial charge on any atom is 0.226 e. The molecule has 0 fully saturated rings. The van der Waals surface area contributed by atoms with Gasteiger partial charge in [0.15, 0.2) is 11.6 Å². The van der Waals surface area contributed by atoms with Gasteiger partial charge in [0.2, 0.25) is 5.28 Å². The molecule has 0 spiro atoms. The molecule has 0 aliphatic heterocycles. The van der Waals surface area contributed by atoms with Crippen LogP contribution < -0.4 is 0 Å². The van der Waals surface area contributed by atoms with E-state index in [4.69, 9.17) is 21.0 Å². The first-order valence-electron chi connectivity index (χ1n) is 10.2. The van der Waals surface area contributed by atoms with E-state index in [1.165, 1.54) is 0 Å². The molecule has 0 unspecified atom stereocenters. The second-order valence-corrected chi connectivity index (χ2v) is 7.82. The SMILES string of the molecule is Clc1nc(-c2ccccc2)nc(-c2cc(-c3ccccc3)c3oc4ccccc4c3c2)n1. The van der Waals surface area contributed by atoms with Crippen molar-refractivity contribution in [1.29, 1.82) is 0 Å². The van der Waals surface area contributed by atoms with E-state index < -0.39 is 0 Å². The van der Waals surface area contributed by atoms with Crippen LogP contribution in [0.3, 0.4) is 0 Å². The van der Waals surface area contributed by atoms with Crippen molar-refractivity contribution in [3.8, 4) is 33.9 Å². The Morgan fingerprint density at radius 2 is 1.19 bits per heavy atom. The van der Waals surface area contributed by atoms with E-state index >= 15 is 0 Å². The maximum atomic E-state index is 6.32. The molecule has 32 heavy (non-hydrogen) atoms. The minimum atomic E-state index is 0.160. The topological polar surface area (TPSA) is 51.8 Å². The van der Waals surface area contributed by atoms with Crippen LogP contribution in [0.15, 0.2) is 101 Å². The molecule has 0 amide bonds. The molecule has 6 aromatic rings. The third kappa shape index (κ3) is 3.22. The molecular formula is C27H16ClN3O. The van der Waals surface area contributed by atoms with Crippen LogP contribution in [0.2, 0.25) is 5.28 Å². The lowest BCUT2D eigenvalue weighted by atomic mass is 9.99. The van der Waals surface area contributed by atoms with Crippen molar-refractivity contribution >= 4 is 33.5 Å². The highest BCUT2D eigenvalue weighted by Crippen LogP contribution is 2.39. The summed E-state index contributed by atoms with van der Waals surface area (Å²) >= 11 is 6.32. The Hall–Kier alpha value is -4.02. The Balaban J connectivity index is 1.64. The molecule has 0 aliphatic carbocycles. The molecule has 5 heteroatoms. The van der Waals surface area contributed by atoms with Crippen LogP contribution in [-0.2, 0) is 0 Å². The van der Waals surface area contributed by atoms with Gasteiger partial charge in [0.25, 0.3) is 0 Å².